The minimum Gasteiger partial charge on any atom is -0.444 e. The Labute approximate surface area is 145 Å². The van der Waals surface area contributed by atoms with Gasteiger partial charge in [-0.25, -0.2) is 9.78 Å². The van der Waals surface area contributed by atoms with Crippen LogP contribution in [0, 0.1) is 6.92 Å². The van der Waals surface area contributed by atoms with Crippen molar-refractivity contribution in [3.05, 3.63) is 46.5 Å². The minimum absolute atomic E-state index is 0.401. The maximum absolute atomic E-state index is 11.7. The maximum Gasteiger partial charge on any atom is 0.407 e. The van der Waals surface area contributed by atoms with E-state index in [0.717, 1.165) is 21.4 Å². The molecule has 5 nitrogen and oxygen atoms in total. The molecule has 0 radical (unpaired) electrons. The van der Waals surface area contributed by atoms with E-state index < -0.39 is 11.7 Å². The number of rotatable bonds is 4. The van der Waals surface area contributed by atoms with Gasteiger partial charge in [-0.15, -0.1) is 0 Å². The molecule has 6 heteroatoms. The smallest absolute Gasteiger partial charge is 0.407 e. The number of amides is 1. The highest BCUT2D eigenvalue weighted by molar-refractivity contribution is 9.10. The Hall–Kier alpha value is -1.82. The highest BCUT2D eigenvalue weighted by Gasteiger charge is 2.16. The predicted molar refractivity (Wildman–Crippen MR) is 93.9 cm³/mol. The van der Waals surface area contributed by atoms with Crippen molar-refractivity contribution in [3.8, 4) is 5.69 Å². The first-order chi connectivity index (χ1) is 10.8. The molecule has 0 aliphatic heterocycles. The molecule has 124 valence electrons. The van der Waals surface area contributed by atoms with Crippen molar-refractivity contribution in [2.24, 2.45) is 0 Å². The van der Waals surface area contributed by atoms with E-state index in [9.17, 15) is 4.79 Å². The van der Waals surface area contributed by atoms with Crippen LogP contribution in [0.3, 0.4) is 0 Å². The fourth-order valence-corrected chi connectivity index (χ4v) is 2.54. The third-order valence-corrected chi connectivity index (χ3v) is 4.12. The van der Waals surface area contributed by atoms with Crippen LogP contribution in [0.25, 0.3) is 5.69 Å². The number of alkyl carbamates (subject to hydrolysis) is 1. The first-order valence-electron chi connectivity index (χ1n) is 7.51. The molecule has 1 amide bonds. The maximum atomic E-state index is 11.7. The molecule has 0 unspecified atom stereocenters. The Morgan fingerprint density at radius 3 is 2.83 bits per heavy atom. The molecule has 1 aromatic carbocycles. The molecule has 23 heavy (non-hydrogen) atoms. The van der Waals surface area contributed by atoms with Crippen molar-refractivity contribution < 1.29 is 9.53 Å². The number of carbonyl (C=O) groups excluding carboxylic acids is 1. The zero-order valence-corrected chi connectivity index (χ0v) is 15.5. The molecule has 2 rings (SSSR count). The number of carbonyl (C=O) groups is 1. The first-order valence-corrected chi connectivity index (χ1v) is 8.31. The van der Waals surface area contributed by atoms with Crippen LogP contribution in [0.2, 0.25) is 0 Å². The van der Waals surface area contributed by atoms with E-state index in [1.807, 2.05) is 49.7 Å². The van der Waals surface area contributed by atoms with Crippen LogP contribution in [-0.2, 0) is 11.2 Å². The normalized spacial score (nSPS) is 11.3. The van der Waals surface area contributed by atoms with E-state index in [1.165, 1.54) is 0 Å². The SMILES string of the molecule is Cc1c(Br)cccc1-n1cncc1CCNC(=O)OC(C)(C)C. The average Bonchev–Trinajstić information content (AvgIpc) is 2.88. The van der Waals surface area contributed by atoms with E-state index in [2.05, 4.69) is 33.2 Å². The van der Waals surface area contributed by atoms with Gasteiger partial charge in [-0.3, -0.25) is 0 Å². The summed E-state index contributed by atoms with van der Waals surface area (Å²) in [5.74, 6) is 0. The molecule has 2 aromatic rings. The van der Waals surface area contributed by atoms with Crippen LogP contribution in [0.15, 0.2) is 35.2 Å². The van der Waals surface area contributed by atoms with Gasteiger partial charge >= 0.3 is 6.09 Å². The van der Waals surface area contributed by atoms with Gasteiger partial charge in [0.2, 0.25) is 0 Å². The Morgan fingerprint density at radius 2 is 2.13 bits per heavy atom. The van der Waals surface area contributed by atoms with Crippen molar-refractivity contribution in [1.82, 2.24) is 14.9 Å². The van der Waals surface area contributed by atoms with Gasteiger partial charge in [0.25, 0.3) is 0 Å². The molecule has 0 bridgehead atoms. The monoisotopic (exact) mass is 379 g/mol. The van der Waals surface area contributed by atoms with Gasteiger partial charge in [-0.2, -0.15) is 0 Å². The van der Waals surface area contributed by atoms with Gasteiger partial charge in [-0.1, -0.05) is 22.0 Å². The van der Waals surface area contributed by atoms with Crippen LogP contribution < -0.4 is 5.32 Å². The van der Waals surface area contributed by atoms with E-state index >= 15 is 0 Å². The fourth-order valence-electron chi connectivity index (χ4n) is 2.19. The van der Waals surface area contributed by atoms with Crippen LogP contribution in [0.5, 0.6) is 0 Å². The van der Waals surface area contributed by atoms with Crippen molar-refractivity contribution in [3.63, 3.8) is 0 Å². The lowest BCUT2D eigenvalue weighted by Gasteiger charge is -2.19. The lowest BCUT2D eigenvalue weighted by Crippen LogP contribution is -2.33. The zero-order chi connectivity index (χ0) is 17.0. The van der Waals surface area contributed by atoms with Crippen LogP contribution >= 0.6 is 15.9 Å². The minimum atomic E-state index is -0.487. The molecule has 0 saturated carbocycles. The summed E-state index contributed by atoms with van der Waals surface area (Å²) >= 11 is 3.55. The number of aromatic nitrogens is 2. The van der Waals surface area contributed by atoms with E-state index in [1.54, 1.807) is 6.33 Å². The molecule has 0 spiro atoms. The number of hydrogen-bond acceptors (Lipinski definition) is 3. The Bertz CT molecular complexity index is 689. The second kappa shape index (κ2) is 7.17. The summed E-state index contributed by atoms with van der Waals surface area (Å²) in [5, 5.41) is 2.77. The molecule has 0 fully saturated rings. The van der Waals surface area contributed by atoms with Gasteiger partial charge < -0.3 is 14.6 Å². The molecule has 0 saturated heterocycles. The Kier molecular flexibility index (Phi) is 5.46. The average molecular weight is 380 g/mol. The lowest BCUT2D eigenvalue weighted by molar-refractivity contribution is 0.0528. The summed E-state index contributed by atoms with van der Waals surface area (Å²) in [4.78, 5) is 15.9. The molecule has 1 heterocycles. The highest BCUT2D eigenvalue weighted by Crippen LogP contribution is 2.23. The van der Waals surface area contributed by atoms with Crippen molar-refractivity contribution in [2.45, 2.75) is 39.7 Å². The summed E-state index contributed by atoms with van der Waals surface area (Å²) in [6.45, 7) is 8.09. The van der Waals surface area contributed by atoms with E-state index in [4.69, 9.17) is 4.74 Å². The number of halogens is 1. The highest BCUT2D eigenvalue weighted by atomic mass is 79.9. The predicted octanol–water partition coefficient (Wildman–Crippen LogP) is 4.01. The summed E-state index contributed by atoms with van der Waals surface area (Å²) < 4.78 is 8.32. The topological polar surface area (TPSA) is 56.2 Å². The molecule has 0 aliphatic carbocycles. The molecular formula is C17H22BrN3O2. The fraction of sp³-hybridized carbons (Fsp3) is 0.412. The van der Waals surface area contributed by atoms with Gasteiger partial charge in [0.05, 0.1) is 12.0 Å². The van der Waals surface area contributed by atoms with Gasteiger partial charge in [0.1, 0.15) is 5.60 Å². The van der Waals surface area contributed by atoms with E-state index in [-0.39, 0.29) is 0 Å². The van der Waals surface area contributed by atoms with Gasteiger partial charge in [0.15, 0.2) is 0 Å². The second-order valence-electron chi connectivity index (χ2n) is 6.32. The summed E-state index contributed by atoms with van der Waals surface area (Å²) in [7, 11) is 0. The van der Waals surface area contributed by atoms with Gasteiger partial charge in [-0.05, 0) is 45.4 Å². The lowest BCUT2D eigenvalue weighted by atomic mass is 10.2. The summed E-state index contributed by atoms with van der Waals surface area (Å²) in [5.41, 5.74) is 2.76. The molecule has 1 aromatic heterocycles. The van der Waals surface area contributed by atoms with E-state index in [0.29, 0.717) is 13.0 Å². The van der Waals surface area contributed by atoms with Crippen LogP contribution in [-0.4, -0.2) is 27.8 Å². The van der Waals surface area contributed by atoms with Crippen molar-refractivity contribution in [2.75, 3.05) is 6.54 Å². The first kappa shape index (κ1) is 17.5. The molecule has 0 aliphatic rings. The largest absolute Gasteiger partial charge is 0.444 e. The number of nitrogens with zero attached hydrogens (tertiary/aromatic N) is 2. The van der Waals surface area contributed by atoms with Crippen LogP contribution in [0.1, 0.15) is 32.0 Å². The quantitative estimate of drug-likeness (QED) is 0.872. The third kappa shape index (κ3) is 4.82. The number of ether oxygens (including phenoxy) is 1. The van der Waals surface area contributed by atoms with Crippen molar-refractivity contribution in [1.29, 1.82) is 0 Å². The summed E-state index contributed by atoms with van der Waals surface area (Å²) in [6.07, 6.45) is 3.88. The Balaban J connectivity index is 2.02. The number of benzene rings is 1. The van der Waals surface area contributed by atoms with Crippen LogP contribution in [0.4, 0.5) is 4.79 Å². The molecule has 0 atom stereocenters. The second-order valence-corrected chi connectivity index (χ2v) is 7.17. The third-order valence-electron chi connectivity index (χ3n) is 3.26. The Morgan fingerprint density at radius 1 is 1.39 bits per heavy atom. The number of hydrogen-bond donors (Lipinski definition) is 1. The van der Waals surface area contributed by atoms with Crippen molar-refractivity contribution >= 4 is 22.0 Å². The molecular weight excluding hydrogens is 358 g/mol. The zero-order valence-electron chi connectivity index (χ0n) is 13.9. The number of nitrogens with one attached hydrogen (secondary N) is 1. The number of imidazole rings is 1. The summed E-state index contributed by atoms with van der Waals surface area (Å²) in [6, 6.07) is 6.06. The molecule has 1 N–H and O–H groups in total. The van der Waals surface area contributed by atoms with Gasteiger partial charge in [0, 0.05) is 29.3 Å². The standard InChI is InChI=1S/C17H22BrN3O2/c1-12-14(18)6-5-7-15(12)21-11-19-10-13(21)8-9-20-16(22)23-17(2,3)4/h5-7,10-11H,8-9H2,1-4H3,(H,20,22).